The van der Waals surface area contributed by atoms with Crippen molar-refractivity contribution < 1.29 is 9.50 Å². The SMILES string of the molecule is CC(O)(c1ccc(Cl)cc1Cl)C(F)n1cncn1. The fourth-order valence-corrected chi connectivity index (χ4v) is 2.22. The van der Waals surface area contributed by atoms with Crippen molar-refractivity contribution >= 4 is 23.2 Å². The van der Waals surface area contributed by atoms with Crippen LogP contribution in [0.15, 0.2) is 30.9 Å². The first kappa shape index (κ1) is 13.3. The van der Waals surface area contributed by atoms with Crippen LogP contribution in [0, 0.1) is 0 Å². The largest absolute Gasteiger partial charge is 0.380 e. The van der Waals surface area contributed by atoms with Crippen LogP contribution in [0.2, 0.25) is 10.0 Å². The van der Waals surface area contributed by atoms with Crippen molar-refractivity contribution in [2.24, 2.45) is 0 Å². The van der Waals surface area contributed by atoms with Crippen LogP contribution >= 0.6 is 23.2 Å². The van der Waals surface area contributed by atoms with Crippen LogP contribution in [0.5, 0.6) is 0 Å². The van der Waals surface area contributed by atoms with Gasteiger partial charge in [-0.1, -0.05) is 29.3 Å². The smallest absolute Gasteiger partial charge is 0.225 e. The van der Waals surface area contributed by atoms with Crippen molar-refractivity contribution in [3.63, 3.8) is 0 Å². The van der Waals surface area contributed by atoms with Gasteiger partial charge in [0.2, 0.25) is 6.30 Å². The third kappa shape index (κ3) is 2.34. The third-order valence-electron chi connectivity index (χ3n) is 2.61. The summed E-state index contributed by atoms with van der Waals surface area (Å²) in [6, 6.07) is 4.46. The first-order chi connectivity index (χ1) is 8.43. The standard InChI is InChI=1S/C11H10Cl2FN3O/c1-11(18,10(14)17-6-15-5-16-17)8-3-2-7(12)4-9(8)13/h2-6,10,18H,1H3. The maximum Gasteiger partial charge on any atom is 0.225 e. The van der Waals surface area contributed by atoms with Crippen LogP contribution in [-0.4, -0.2) is 19.9 Å². The summed E-state index contributed by atoms with van der Waals surface area (Å²) in [4.78, 5) is 3.63. The molecule has 0 radical (unpaired) electrons. The van der Waals surface area contributed by atoms with E-state index in [1.54, 1.807) is 0 Å². The van der Waals surface area contributed by atoms with Gasteiger partial charge in [0.1, 0.15) is 18.3 Å². The minimum Gasteiger partial charge on any atom is -0.380 e. The fourth-order valence-electron chi connectivity index (χ4n) is 1.62. The number of halogens is 3. The van der Waals surface area contributed by atoms with E-state index in [0.717, 1.165) is 4.68 Å². The summed E-state index contributed by atoms with van der Waals surface area (Å²) in [6.45, 7) is 1.31. The molecule has 4 nitrogen and oxygen atoms in total. The highest BCUT2D eigenvalue weighted by atomic mass is 35.5. The summed E-state index contributed by atoms with van der Waals surface area (Å²) >= 11 is 11.7. The highest BCUT2D eigenvalue weighted by molar-refractivity contribution is 6.35. The van der Waals surface area contributed by atoms with Gasteiger partial charge in [-0.05, 0) is 19.1 Å². The molecule has 2 rings (SSSR count). The van der Waals surface area contributed by atoms with Crippen molar-refractivity contribution in [1.82, 2.24) is 14.8 Å². The zero-order chi connectivity index (χ0) is 13.3. The maximum atomic E-state index is 14.2. The Morgan fingerprint density at radius 3 is 2.72 bits per heavy atom. The number of aromatic nitrogens is 3. The van der Waals surface area contributed by atoms with E-state index in [2.05, 4.69) is 10.1 Å². The lowest BCUT2D eigenvalue weighted by atomic mass is 9.95. The Bertz CT molecular complexity index is 545. The van der Waals surface area contributed by atoms with Gasteiger partial charge in [0, 0.05) is 15.6 Å². The van der Waals surface area contributed by atoms with Crippen molar-refractivity contribution in [3.8, 4) is 0 Å². The molecule has 1 aromatic carbocycles. The summed E-state index contributed by atoms with van der Waals surface area (Å²) in [5, 5.41) is 14.6. The molecule has 0 saturated heterocycles. The molecule has 0 spiro atoms. The highest BCUT2D eigenvalue weighted by Crippen LogP contribution is 2.38. The van der Waals surface area contributed by atoms with Crippen molar-refractivity contribution in [3.05, 3.63) is 46.5 Å². The molecule has 0 aliphatic rings. The topological polar surface area (TPSA) is 50.9 Å². The van der Waals surface area contributed by atoms with Crippen LogP contribution < -0.4 is 0 Å². The first-order valence-electron chi connectivity index (χ1n) is 5.09. The number of hydrogen-bond acceptors (Lipinski definition) is 3. The number of alkyl halides is 1. The van der Waals surface area contributed by atoms with Gasteiger partial charge in [0.25, 0.3) is 0 Å². The van der Waals surface area contributed by atoms with E-state index < -0.39 is 11.9 Å². The number of rotatable bonds is 3. The predicted octanol–water partition coefficient (Wildman–Crippen LogP) is 2.96. The Labute approximate surface area is 113 Å². The van der Waals surface area contributed by atoms with Crippen molar-refractivity contribution in [2.75, 3.05) is 0 Å². The number of hydrogen-bond donors (Lipinski definition) is 1. The molecule has 0 saturated carbocycles. The third-order valence-corrected chi connectivity index (χ3v) is 3.16. The van der Waals surface area contributed by atoms with E-state index in [1.807, 2.05) is 0 Å². The molecule has 1 N–H and O–H groups in total. The Kier molecular flexibility index (Phi) is 3.56. The van der Waals surface area contributed by atoms with Gasteiger partial charge >= 0.3 is 0 Å². The van der Waals surface area contributed by atoms with E-state index in [-0.39, 0.29) is 10.6 Å². The molecular weight excluding hydrogens is 280 g/mol. The highest BCUT2D eigenvalue weighted by Gasteiger charge is 2.37. The monoisotopic (exact) mass is 289 g/mol. The van der Waals surface area contributed by atoms with Crippen LogP contribution in [-0.2, 0) is 5.60 Å². The minimum absolute atomic E-state index is 0.190. The second-order valence-corrected chi connectivity index (χ2v) is 4.83. The van der Waals surface area contributed by atoms with Crippen molar-refractivity contribution in [2.45, 2.75) is 18.8 Å². The number of aliphatic hydroxyl groups is 1. The van der Waals surface area contributed by atoms with E-state index in [9.17, 15) is 9.50 Å². The lowest BCUT2D eigenvalue weighted by Gasteiger charge is -2.28. The summed E-state index contributed by atoms with van der Waals surface area (Å²) in [5.41, 5.74) is -1.60. The molecule has 1 heterocycles. The van der Waals surface area contributed by atoms with Crippen LogP contribution in [0.4, 0.5) is 4.39 Å². The molecule has 1 aromatic heterocycles. The average molecular weight is 290 g/mol. The molecule has 96 valence electrons. The average Bonchev–Trinajstić information content (AvgIpc) is 2.80. The molecule has 0 aliphatic heterocycles. The molecule has 2 aromatic rings. The molecular formula is C11H10Cl2FN3O. The quantitative estimate of drug-likeness (QED) is 0.945. The van der Waals surface area contributed by atoms with Gasteiger partial charge in [-0.15, -0.1) is 0 Å². The van der Waals surface area contributed by atoms with Gasteiger partial charge in [-0.3, -0.25) is 0 Å². The maximum absolute atomic E-state index is 14.2. The second-order valence-electron chi connectivity index (χ2n) is 3.98. The van der Waals surface area contributed by atoms with Gasteiger partial charge in [-0.2, -0.15) is 5.10 Å². The van der Waals surface area contributed by atoms with Crippen molar-refractivity contribution in [1.29, 1.82) is 0 Å². The molecule has 0 bridgehead atoms. The van der Waals surface area contributed by atoms with Gasteiger partial charge in [-0.25, -0.2) is 14.1 Å². The summed E-state index contributed by atoms with van der Waals surface area (Å²) in [5.74, 6) is 0. The summed E-state index contributed by atoms with van der Waals surface area (Å²) in [6.07, 6.45) is 0.563. The molecule has 7 heteroatoms. The molecule has 2 atom stereocenters. The number of benzene rings is 1. The lowest BCUT2D eigenvalue weighted by Crippen LogP contribution is -2.32. The summed E-state index contributed by atoms with van der Waals surface area (Å²) in [7, 11) is 0. The zero-order valence-electron chi connectivity index (χ0n) is 9.39. The Morgan fingerprint density at radius 2 is 2.17 bits per heavy atom. The molecule has 0 amide bonds. The Hall–Kier alpha value is -1.17. The molecule has 0 fully saturated rings. The fraction of sp³-hybridized carbons (Fsp3) is 0.273. The molecule has 2 unspecified atom stereocenters. The zero-order valence-corrected chi connectivity index (χ0v) is 10.9. The van der Waals surface area contributed by atoms with Gasteiger partial charge in [0.15, 0.2) is 0 Å². The Balaban J connectivity index is 2.41. The second kappa shape index (κ2) is 4.84. The van der Waals surface area contributed by atoms with Crippen LogP contribution in [0.1, 0.15) is 18.8 Å². The normalized spacial score (nSPS) is 16.3. The molecule has 18 heavy (non-hydrogen) atoms. The van der Waals surface area contributed by atoms with E-state index >= 15 is 0 Å². The number of nitrogens with zero attached hydrogens (tertiary/aromatic N) is 3. The Morgan fingerprint density at radius 1 is 1.44 bits per heavy atom. The summed E-state index contributed by atoms with van der Waals surface area (Å²) < 4.78 is 15.2. The molecule has 0 aliphatic carbocycles. The predicted molar refractivity (Wildman–Crippen MR) is 66.2 cm³/mol. The van der Waals surface area contributed by atoms with E-state index in [0.29, 0.717) is 5.02 Å². The lowest BCUT2D eigenvalue weighted by molar-refractivity contribution is -0.0663. The van der Waals surface area contributed by atoms with Crippen LogP contribution in [0.25, 0.3) is 0 Å². The minimum atomic E-state index is -1.84. The first-order valence-corrected chi connectivity index (χ1v) is 5.84. The van der Waals surface area contributed by atoms with Gasteiger partial charge < -0.3 is 5.11 Å². The van der Waals surface area contributed by atoms with E-state index in [4.69, 9.17) is 23.2 Å². The van der Waals surface area contributed by atoms with E-state index in [1.165, 1.54) is 37.8 Å². The van der Waals surface area contributed by atoms with Crippen LogP contribution in [0.3, 0.4) is 0 Å². The van der Waals surface area contributed by atoms with Gasteiger partial charge in [0.05, 0.1) is 0 Å².